The summed E-state index contributed by atoms with van der Waals surface area (Å²) >= 11 is 0. The second-order valence-corrected chi connectivity index (χ2v) is 8.11. The van der Waals surface area contributed by atoms with Gasteiger partial charge in [0.1, 0.15) is 11.7 Å². The summed E-state index contributed by atoms with van der Waals surface area (Å²) in [6.45, 7) is 4.53. The van der Waals surface area contributed by atoms with Crippen LogP contribution in [0.1, 0.15) is 129 Å². The molecule has 1 fully saturated rings. The van der Waals surface area contributed by atoms with Crippen LogP contribution in [-0.2, 0) is 9.53 Å². The molecule has 0 spiro atoms. The van der Waals surface area contributed by atoms with Gasteiger partial charge in [-0.05, 0) is 25.3 Å². The summed E-state index contributed by atoms with van der Waals surface area (Å²) in [5.41, 5.74) is 0. The molecule has 0 N–H and O–H groups in total. The average molecular weight is 365 g/mol. The van der Waals surface area contributed by atoms with Gasteiger partial charge in [0.2, 0.25) is 0 Å². The first-order valence-corrected chi connectivity index (χ1v) is 11.7. The zero-order valence-corrected chi connectivity index (χ0v) is 17.7. The number of cyclic esters (lactones) is 1. The highest BCUT2D eigenvalue weighted by Crippen LogP contribution is 2.32. The maximum atomic E-state index is 11.7. The summed E-state index contributed by atoms with van der Waals surface area (Å²) < 4.78 is 5.27. The highest BCUT2D eigenvalue weighted by Gasteiger charge is 2.36. The molecule has 1 rings (SSSR count). The molecule has 152 valence electrons. The molecule has 1 aliphatic rings. The third kappa shape index (κ3) is 11.0. The number of carbonyl (C=O) groups is 1. The quantitative estimate of drug-likeness (QED) is 0.181. The van der Waals surface area contributed by atoms with E-state index in [1.807, 2.05) is 0 Å². The van der Waals surface area contributed by atoms with Gasteiger partial charge in [0.25, 0.3) is 0 Å². The number of carbonyl (C=O) groups excluding carboxylic acids is 1. The van der Waals surface area contributed by atoms with Crippen molar-refractivity contribution in [3.63, 3.8) is 0 Å². The molecule has 0 amide bonds. The molecule has 2 heteroatoms. The molecule has 0 bridgehead atoms. The zero-order chi connectivity index (χ0) is 18.9. The van der Waals surface area contributed by atoms with Gasteiger partial charge in [0.15, 0.2) is 0 Å². The summed E-state index contributed by atoms with van der Waals surface area (Å²) in [7, 11) is 0. The second kappa shape index (κ2) is 16.4. The smallest absolute Gasteiger partial charge is 0.321 e. The van der Waals surface area contributed by atoms with Gasteiger partial charge in [-0.3, -0.25) is 4.79 Å². The molecule has 26 heavy (non-hydrogen) atoms. The van der Waals surface area contributed by atoms with Crippen LogP contribution in [-0.4, -0.2) is 5.97 Å². The van der Waals surface area contributed by atoms with E-state index in [1.165, 1.54) is 103 Å². The lowest BCUT2D eigenvalue weighted by Crippen LogP contribution is -2.32. The zero-order valence-electron chi connectivity index (χ0n) is 17.7. The van der Waals surface area contributed by atoms with Gasteiger partial charge in [-0.25, -0.2) is 0 Å². The van der Waals surface area contributed by atoms with Gasteiger partial charge < -0.3 is 4.74 Å². The van der Waals surface area contributed by atoms with Gasteiger partial charge in [-0.1, -0.05) is 110 Å². The van der Waals surface area contributed by atoms with E-state index in [1.54, 1.807) is 0 Å². The second-order valence-electron chi connectivity index (χ2n) is 8.11. The maximum absolute atomic E-state index is 11.7. The highest BCUT2D eigenvalue weighted by molar-refractivity contribution is 5.82. The van der Waals surface area contributed by atoms with Crippen LogP contribution >= 0.6 is 0 Å². The number of unbranched alkanes of at least 4 members (excludes halogenated alkanes) is 15. The molecular weight excluding hydrogens is 320 g/mol. The molecule has 1 atom stereocenters. The van der Waals surface area contributed by atoms with E-state index in [-0.39, 0.29) is 11.9 Å². The Hall–Kier alpha value is -0.790. The Morgan fingerprint density at radius 1 is 0.692 bits per heavy atom. The van der Waals surface area contributed by atoms with Crippen LogP contribution in [0, 0.1) is 5.92 Å². The summed E-state index contributed by atoms with van der Waals surface area (Å²) in [5, 5.41) is 0. The summed E-state index contributed by atoms with van der Waals surface area (Å²) in [4.78, 5) is 11.7. The lowest BCUT2D eigenvalue weighted by Gasteiger charge is -2.28. The van der Waals surface area contributed by atoms with Crippen molar-refractivity contribution in [2.75, 3.05) is 0 Å². The molecule has 1 unspecified atom stereocenters. The first kappa shape index (κ1) is 23.2. The Kier molecular flexibility index (Phi) is 14.7. The third-order valence-corrected chi connectivity index (χ3v) is 5.60. The van der Waals surface area contributed by atoms with Crippen molar-refractivity contribution >= 4 is 5.97 Å². The summed E-state index contributed by atoms with van der Waals surface area (Å²) in [5.74, 6) is 1.07. The molecule has 0 aromatic rings. The first-order chi connectivity index (χ1) is 12.8. The molecule has 0 saturated carbocycles. The van der Waals surface area contributed by atoms with Crippen molar-refractivity contribution in [1.82, 2.24) is 0 Å². The standard InChI is InChI=1S/C24H44O2/c1-3-5-7-9-11-13-15-17-19-21-23-22(24(25)26-23)20-18-16-14-12-10-8-6-4-2/h21-22H,3-20H2,1-2H3/b23-21-. The van der Waals surface area contributed by atoms with Crippen molar-refractivity contribution in [2.45, 2.75) is 129 Å². The lowest BCUT2D eigenvalue weighted by molar-refractivity contribution is -0.157. The number of esters is 1. The van der Waals surface area contributed by atoms with E-state index in [9.17, 15) is 4.79 Å². The number of allylic oxidation sites excluding steroid dienone is 1. The fraction of sp³-hybridized carbons (Fsp3) is 0.875. The SMILES string of the molecule is CCCCCCCCCC/C=C1\OC(=O)C1CCCCCCCCCC. The maximum Gasteiger partial charge on any atom is 0.321 e. The van der Waals surface area contributed by atoms with Gasteiger partial charge in [-0.2, -0.15) is 0 Å². The molecule has 0 aromatic carbocycles. The van der Waals surface area contributed by atoms with Crippen LogP contribution in [0.15, 0.2) is 11.8 Å². The molecule has 1 saturated heterocycles. The Balaban J connectivity index is 1.98. The van der Waals surface area contributed by atoms with Crippen molar-refractivity contribution in [2.24, 2.45) is 5.92 Å². The first-order valence-electron chi connectivity index (χ1n) is 11.7. The Labute approximate surface area is 163 Å². The minimum atomic E-state index is 0.00937. The molecule has 0 aromatic heterocycles. The predicted octanol–water partition coefficient (Wildman–Crippen LogP) is 8.10. The minimum absolute atomic E-state index is 0.00937. The van der Waals surface area contributed by atoms with Gasteiger partial charge in [0, 0.05) is 0 Å². The van der Waals surface area contributed by atoms with E-state index < -0.39 is 0 Å². The minimum Gasteiger partial charge on any atom is -0.430 e. The largest absolute Gasteiger partial charge is 0.430 e. The van der Waals surface area contributed by atoms with Crippen molar-refractivity contribution in [3.8, 4) is 0 Å². The van der Waals surface area contributed by atoms with Crippen LogP contribution < -0.4 is 0 Å². The summed E-state index contributed by atoms with van der Waals surface area (Å²) in [6, 6.07) is 0. The Morgan fingerprint density at radius 3 is 1.65 bits per heavy atom. The van der Waals surface area contributed by atoms with Crippen molar-refractivity contribution in [1.29, 1.82) is 0 Å². The van der Waals surface area contributed by atoms with Crippen LogP contribution in [0.4, 0.5) is 0 Å². The highest BCUT2D eigenvalue weighted by atomic mass is 16.6. The van der Waals surface area contributed by atoms with E-state index in [0.29, 0.717) is 0 Å². The van der Waals surface area contributed by atoms with Crippen molar-refractivity contribution < 1.29 is 9.53 Å². The van der Waals surface area contributed by atoms with Crippen molar-refractivity contribution in [3.05, 3.63) is 11.8 Å². The monoisotopic (exact) mass is 364 g/mol. The average Bonchev–Trinajstić information content (AvgIpc) is 2.64. The molecule has 1 heterocycles. The normalized spacial score (nSPS) is 18.2. The lowest BCUT2D eigenvalue weighted by atomic mass is 9.93. The topological polar surface area (TPSA) is 26.3 Å². The predicted molar refractivity (Wildman–Crippen MR) is 112 cm³/mol. The number of rotatable bonds is 18. The fourth-order valence-corrected chi connectivity index (χ4v) is 3.77. The van der Waals surface area contributed by atoms with Gasteiger partial charge >= 0.3 is 5.97 Å². The molecule has 1 aliphatic heterocycles. The molecule has 0 aliphatic carbocycles. The van der Waals surface area contributed by atoms with E-state index in [0.717, 1.165) is 18.6 Å². The van der Waals surface area contributed by atoms with Gasteiger partial charge in [-0.15, -0.1) is 0 Å². The number of hydrogen-bond acceptors (Lipinski definition) is 2. The molecule has 0 radical (unpaired) electrons. The fourth-order valence-electron chi connectivity index (χ4n) is 3.77. The number of hydrogen-bond donors (Lipinski definition) is 0. The van der Waals surface area contributed by atoms with E-state index >= 15 is 0 Å². The molecular formula is C24H44O2. The van der Waals surface area contributed by atoms with Crippen LogP contribution in [0.3, 0.4) is 0 Å². The number of ether oxygens (including phenoxy) is 1. The van der Waals surface area contributed by atoms with Gasteiger partial charge in [0.05, 0.1) is 0 Å². The van der Waals surface area contributed by atoms with Crippen LogP contribution in [0.2, 0.25) is 0 Å². The van der Waals surface area contributed by atoms with Crippen LogP contribution in [0.25, 0.3) is 0 Å². The Morgan fingerprint density at radius 2 is 1.15 bits per heavy atom. The van der Waals surface area contributed by atoms with E-state index in [2.05, 4.69) is 19.9 Å². The molecule has 2 nitrogen and oxygen atoms in total. The Bertz CT molecular complexity index is 372. The van der Waals surface area contributed by atoms with Crippen LogP contribution in [0.5, 0.6) is 0 Å². The third-order valence-electron chi connectivity index (χ3n) is 5.60. The van der Waals surface area contributed by atoms with E-state index in [4.69, 9.17) is 4.74 Å². The summed E-state index contributed by atoms with van der Waals surface area (Å²) in [6.07, 6.45) is 25.6.